The fourth-order valence-electron chi connectivity index (χ4n) is 5.52. The fourth-order valence-corrected chi connectivity index (χ4v) is 6.22. The van der Waals surface area contributed by atoms with Crippen LogP contribution in [0, 0.1) is 6.07 Å². The van der Waals surface area contributed by atoms with E-state index in [9.17, 15) is 22.6 Å². The molecule has 0 fully saturated rings. The average Bonchev–Trinajstić information content (AvgIpc) is 3.24. The van der Waals surface area contributed by atoms with Crippen molar-refractivity contribution in [2.45, 2.75) is 18.7 Å². The molecule has 4 aromatic carbocycles. The minimum absolute atomic E-state index is 0. The summed E-state index contributed by atoms with van der Waals surface area (Å²) in [5, 5.41) is 18.4. The second-order valence-electron chi connectivity index (χ2n) is 13.3. The monoisotopic (exact) mass is 904 g/mol. The van der Waals surface area contributed by atoms with Crippen molar-refractivity contribution < 1.29 is 91.1 Å². The number of carbonyl (C=O) groups is 2. The number of nitrogens with zero attached hydrogens (tertiary/aromatic N) is 6. The van der Waals surface area contributed by atoms with E-state index >= 15 is 0 Å². The van der Waals surface area contributed by atoms with Gasteiger partial charge in [0.2, 0.25) is 35.7 Å². The normalized spacial score (nSPS) is 10.9. The second kappa shape index (κ2) is 24.6. The van der Waals surface area contributed by atoms with E-state index in [1.165, 1.54) is 32.1 Å². The number of methoxy groups -OCH3 is 2. The first kappa shape index (κ1) is 51.2. The molecule has 0 radical (unpaired) electrons. The van der Waals surface area contributed by atoms with Crippen molar-refractivity contribution in [3.63, 3.8) is 0 Å². The summed E-state index contributed by atoms with van der Waals surface area (Å²) in [6.07, 6.45) is 3.12. The summed E-state index contributed by atoms with van der Waals surface area (Å²) < 4.78 is 47.7. The maximum absolute atomic E-state index is 12.5. The minimum atomic E-state index is -4.94. The quantitative estimate of drug-likeness (QED) is 0.0143. The van der Waals surface area contributed by atoms with Crippen LogP contribution in [0.4, 0.5) is 58.4 Å². The molecular formula is C42H42N12Na2O7S. The number of benzene rings is 4. The van der Waals surface area contributed by atoms with E-state index in [4.69, 9.17) is 9.47 Å². The third kappa shape index (κ3) is 15.4. The van der Waals surface area contributed by atoms with Gasteiger partial charge in [-0.1, -0.05) is 12.1 Å². The van der Waals surface area contributed by atoms with E-state index in [0.29, 0.717) is 66.0 Å². The Morgan fingerprint density at radius 1 is 0.594 bits per heavy atom. The first-order valence-electron chi connectivity index (χ1n) is 18.9. The Bertz CT molecular complexity index is 2660. The molecule has 0 bridgehead atoms. The molecule has 0 amide bonds. The number of hydrogen-bond acceptors (Lipinski definition) is 19. The van der Waals surface area contributed by atoms with Crippen LogP contribution in [-0.4, -0.2) is 95.0 Å². The zero-order valence-electron chi connectivity index (χ0n) is 36.0. The van der Waals surface area contributed by atoms with Crippen molar-refractivity contribution in [3.05, 3.63) is 113 Å². The smallest absolute Gasteiger partial charge is 0.744 e. The zero-order valence-corrected chi connectivity index (χ0v) is 40.8. The van der Waals surface area contributed by atoms with Crippen LogP contribution in [0.25, 0.3) is 12.2 Å². The van der Waals surface area contributed by atoms with Gasteiger partial charge in [-0.2, -0.15) is 35.5 Å². The van der Waals surface area contributed by atoms with Crippen LogP contribution in [0.5, 0.6) is 0 Å². The number of aromatic nitrogens is 6. The molecule has 0 unspecified atom stereocenters. The topological polar surface area (TPSA) is 259 Å². The van der Waals surface area contributed by atoms with Gasteiger partial charge in [0, 0.05) is 55.5 Å². The van der Waals surface area contributed by atoms with Gasteiger partial charge in [-0.25, -0.2) is 8.42 Å². The largest absolute Gasteiger partial charge is 1.00 e. The number of ether oxygens (including phenoxy) is 2. The van der Waals surface area contributed by atoms with E-state index < -0.39 is 15.0 Å². The summed E-state index contributed by atoms with van der Waals surface area (Å²) in [5.41, 5.74) is 3.93. The molecule has 320 valence electrons. The molecule has 22 heteroatoms. The third-order valence-corrected chi connectivity index (χ3v) is 9.51. The summed E-state index contributed by atoms with van der Waals surface area (Å²) in [6, 6.07) is 26.2. The molecule has 0 aliphatic carbocycles. The van der Waals surface area contributed by atoms with Crippen molar-refractivity contribution in [2.24, 2.45) is 0 Å². The predicted octanol–water partition coefficient (Wildman–Crippen LogP) is 0.435. The number of rotatable bonds is 21. The van der Waals surface area contributed by atoms with Crippen molar-refractivity contribution in [1.29, 1.82) is 0 Å². The van der Waals surface area contributed by atoms with E-state index in [-0.39, 0.29) is 112 Å². The van der Waals surface area contributed by atoms with Crippen LogP contribution in [0.15, 0.2) is 89.8 Å². The molecular weight excluding hydrogens is 863 g/mol. The first-order valence-corrected chi connectivity index (χ1v) is 20.3. The van der Waals surface area contributed by atoms with Crippen LogP contribution in [0.3, 0.4) is 0 Å². The molecule has 2 heterocycles. The number of ketones is 2. The molecule has 0 saturated heterocycles. The maximum atomic E-state index is 12.5. The molecule has 0 aliphatic rings. The number of anilines is 10. The molecule has 0 atom stereocenters. The van der Waals surface area contributed by atoms with E-state index in [1.54, 1.807) is 93.1 Å². The van der Waals surface area contributed by atoms with Gasteiger partial charge in [-0.3, -0.25) is 9.59 Å². The number of Topliss-reactive ketones (excluding diaryl/α,β-unsaturated/α-hetero) is 2. The van der Waals surface area contributed by atoms with Crippen LogP contribution in [0.1, 0.15) is 45.7 Å². The maximum Gasteiger partial charge on any atom is 1.00 e. The van der Waals surface area contributed by atoms with Gasteiger partial charge < -0.3 is 45.9 Å². The van der Waals surface area contributed by atoms with Gasteiger partial charge in [0.25, 0.3) is 0 Å². The van der Waals surface area contributed by atoms with Gasteiger partial charge in [0.05, 0.1) is 18.1 Å². The van der Waals surface area contributed by atoms with E-state index in [1.807, 2.05) is 0 Å². The van der Waals surface area contributed by atoms with Gasteiger partial charge in [0.15, 0.2) is 11.6 Å². The van der Waals surface area contributed by atoms with E-state index in [2.05, 4.69) is 67.9 Å². The van der Waals surface area contributed by atoms with Crippen LogP contribution < -0.4 is 91.0 Å². The Balaban J connectivity index is 0.00000449. The first-order chi connectivity index (χ1) is 29.8. The summed E-state index contributed by atoms with van der Waals surface area (Å²) in [6.45, 7) is 4.60. The van der Waals surface area contributed by atoms with E-state index in [0.717, 1.165) is 0 Å². The zero-order chi connectivity index (χ0) is 44.1. The summed E-state index contributed by atoms with van der Waals surface area (Å²) in [7, 11) is -1.80. The number of hydrogen-bond donors (Lipinski definition) is 6. The Morgan fingerprint density at radius 2 is 1.00 bits per heavy atom. The molecule has 2 aromatic heterocycles. The molecule has 6 aromatic rings. The van der Waals surface area contributed by atoms with Crippen LogP contribution >= 0.6 is 0 Å². The summed E-state index contributed by atoms with van der Waals surface area (Å²) >= 11 is 0. The molecule has 6 rings (SSSR count). The molecule has 64 heavy (non-hydrogen) atoms. The number of carbonyl (C=O) groups excluding carboxylic acids is 2. The Labute approximate surface area is 414 Å². The number of nitrogens with one attached hydrogen (secondary N) is 6. The third-order valence-electron chi connectivity index (χ3n) is 8.62. The molecule has 6 N–H and O–H groups in total. The molecule has 0 spiro atoms. The van der Waals surface area contributed by atoms with Crippen LogP contribution in [0.2, 0.25) is 0 Å². The Kier molecular flexibility index (Phi) is 19.7. The Hall–Kier alpha value is -5.39. The van der Waals surface area contributed by atoms with Crippen molar-refractivity contribution in [2.75, 3.05) is 72.4 Å². The Morgan fingerprint density at radius 3 is 1.41 bits per heavy atom. The van der Waals surface area contributed by atoms with Gasteiger partial charge in [-0.05, 0) is 85.8 Å². The fraction of sp³-hybridized carbons (Fsp3) is 0.190. The average molecular weight is 905 g/mol. The van der Waals surface area contributed by atoms with Gasteiger partial charge in [0.1, 0.15) is 10.1 Å². The van der Waals surface area contributed by atoms with Crippen LogP contribution in [-0.2, 0) is 19.6 Å². The molecule has 19 nitrogen and oxygen atoms in total. The van der Waals surface area contributed by atoms with Gasteiger partial charge >= 0.3 is 59.1 Å². The standard InChI is InChI=1S/C42H43N12O7S.2Na/c1-26(55)29-9-16-33(17-10-29)46-40-50-37(43-21-23-60-3)49-39(53-40)45-32-14-6-28(7-15-32)5-8-31-13-20-35(25-36(31)62(57,58)59)48-42-52-38(44-22-24-61-4)51-41(54-42)47-34-18-11-30(12-19-34)27(2)56;;/h5-6,8-20,25H,21-24H2,1-4H3,(H,57,58,59)(H3,43,45,46,49,50,53)(H3,44,47,48,51,52,54);;/q-1;2*+1/p-1/b8-5+;;. The molecule has 0 saturated carbocycles. The van der Waals surface area contributed by atoms with Crippen molar-refractivity contribution in [3.8, 4) is 0 Å². The minimum Gasteiger partial charge on any atom is -0.744 e. The summed E-state index contributed by atoms with van der Waals surface area (Å²) in [4.78, 5) is 49.5. The van der Waals surface area contributed by atoms with Gasteiger partial charge in [-0.15, -0.1) is 30.3 Å². The second-order valence-corrected chi connectivity index (χ2v) is 14.6. The predicted molar refractivity (Wildman–Crippen MR) is 235 cm³/mol. The molecule has 0 aliphatic heterocycles. The summed E-state index contributed by atoms with van der Waals surface area (Å²) in [5.74, 6) is 1.03. The van der Waals surface area contributed by atoms with Crippen molar-refractivity contribution in [1.82, 2.24) is 29.9 Å². The SMILES string of the molecule is COCCNc1nc(Nc2c[c-]c(/C=C/c3ccc(Nc4nc(NCCOC)nc(Nc5ccc(C(C)=O)cc5)n4)cc3S(=O)(=O)[O-])cc2)nc(Nc2ccc(C(C)=O)cc2)n1.[Na+].[Na+]. The van der Waals surface area contributed by atoms with Crippen molar-refractivity contribution >= 4 is 92.3 Å².